The van der Waals surface area contributed by atoms with Gasteiger partial charge in [0.05, 0.1) is 19.1 Å². The Morgan fingerprint density at radius 2 is 1.52 bits per heavy atom. The maximum Gasteiger partial charge on any atom is 0.326 e. The summed E-state index contributed by atoms with van der Waals surface area (Å²) in [6.45, 7) is -0.663. The second-order valence-electron chi connectivity index (χ2n) is 5.12. The Kier molecular flexibility index (Phi) is 13.0. The number of nitrogens with one attached hydrogen (secondary N) is 3. The molecular formula is C14H26N4O5S2. The number of amides is 3. The second kappa shape index (κ2) is 13.8. The zero-order valence-electron chi connectivity index (χ0n) is 14.4. The molecule has 6 N–H and O–H groups in total. The molecule has 11 heteroatoms. The molecule has 0 saturated heterocycles. The van der Waals surface area contributed by atoms with Gasteiger partial charge >= 0.3 is 5.97 Å². The fourth-order valence-corrected chi connectivity index (χ4v) is 2.62. The van der Waals surface area contributed by atoms with E-state index in [9.17, 15) is 19.2 Å². The van der Waals surface area contributed by atoms with E-state index in [0.717, 1.165) is 5.75 Å². The van der Waals surface area contributed by atoms with Crippen molar-refractivity contribution in [3.63, 3.8) is 0 Å². The van der Waals surface area contributed by atoms with Crippen molar-refractivity contribution in [3.8, 4) is 0 Å². The standard InChI is InChI=1S/C14H26N4O5S2/c1-24-5-3-9(15)13(21)17-7-11(19)16-8-12(20)18-10(14(22)23)4-6-25-2/h9-10H,3-8,15H2,1-2H3,(H,16,19)(H,17,21)(H,18,20)(H,22,23). The van der Waals surface area contributed by atoms with Crippen LogP contribution < -0.4 is 21.7 Å². The zero-order valence-corrected chi connectivity index (χ0v) is 16.0. The summed E-state index contributed by atoms with van der Waals surface area (Å²) in [7, 11) is 0. The predicted molar refractivity (Wildman–Crippen MR) is 99.6 cm³/mol. The van der Waals surface area contributed by atoms with Crippen LogP contribution in [0.1, 0.15) is 12.8 Å². The molecule has 2 unspecified atom stereocenters. The van der Waals surface area contributed by atoms with Crippen molar-refractivity contribution in [2.24, 2.45) is 5.73 Å². The van der Waals surface area contributed by atoms with E-state index < -0.39 is 35.8 Å². The minimum atomic E-state index is -1.12. The van der Waals surface area contributed by atoms with E-state index >= 15 is 0 Å². The van der Waals surface area contributed by atoms with E-state index in [1.165, 1.54) is 11.8 Å². The molecule has 144 valence electrons. The van der Waals surface area contributed by atoms with Gasteiger partial charge in [0, 0.05) is 0 Å². The molecule has 9 nitrogen and oxygen atoms in total. The lowest BCUT2D eigenvalue weighted by Gasteiger charge is -2.14. The predicted octanol–water partition coefficient (Wildman–Crippen LogP) is -1.38. The Balaban J connectivity index is 4.09. The molecule has 0 aromatic heterocycles. The molecule has 0 rings (SSSR count). The monoisotopic (exact) mass is 394 g/mol. The molecule has 25 heavy (non-hydrogen) atoms. The fourth-order valence-electron chi connectivity index (χ4n) is 1.65. The van der Waals surface area contributed by atoms with Crippen LogP contribution in [0, 0.1) is 0 Å². The number of rotatable bonds is 13. The van der Waals surface area contributed by atoms with Crippen molar-refractivity contribution in [1.82, 2.24) is 16.0 Å². The van der Waals surface area contributed by atoms with Gasteiger partial charge in [0.1, 0.15) is 6.04 Å². The van der Waals surface area contributed by atoms with E-state index in [0.29, 0.717) is 18.6 Å². The summed E-state index contributed by atoms with van der Waals surface area (Å²) in [5.74, 6) is -1.40. The molecule has 0 aromatic carbocycles. The van der Waals surface area contributed by atoms with Gasteiger partial charge < -0.3 is 26.8 Å². The summed E-state index contributed by atoms with van der Waals surface area (Å²) in [5, 5.41) is 16.0. The van der Waals surface area contributed by atoms with Crippen LogP contribution in [0.5, 0.6) is 0 Å². The number of carboxylic acids is 1. The molecule has 0 aromatic rings. The molecule has 0 aliphatic heterocycles. The smallest absolute Gasteiger partial charge is 0.326 e. The first-order chi connectivity index (χ1) is 11.8. The molecule has 3 amide bonds. The lowest BCUT2D eigenvalue weighted by Crippen LogP contribution is -2.48. The highest BCUT2D eigenvalue weighted by Gasteiger charge is 2.19. The van der Waals surface area contributed by atoms with Gasteiger partial charge in [-0.25, -0.2) is 4.79 Å². The van der Waals surface area contributed by atoms with Crippen molar-refractivity contribution in [2.45, 2.75) is 24.9 Å². The summed E-state index contributed by atoms with van der Waals surface area (Å²) in [5.41, 5.74) is 5.66. The third-order valence-corrected chi connectivity index (χ3v) is 4.37. The minimum absolute atomic E-state index is 0.292. The first-order valence-corrected chi connectivity index (χ1v) is 10.4. The lowest BCUT2D eigenvalue weighted by molar-refractivity contribution is -0.141. The topological polar surface area (TPSA) is 151 Å². The molecule has 0 spiro atoms. The molecule has 0 aliphatic rings. The average molecular weight is 395 g/mol. The maximum absolute atomic E-state index is 11.7. The Labute approximate surface area is 155 Å². The molecule has 0 saturated carbocycles. The normalized spacial score (nSPS) is 12.8. The molecule has 0 aliphatic carbocycles. The number of hydrogen-bond acceptors (Lipinski definition) is 7. The Morgan fingerprint density at radius 3 is 2.08 bits per heavy atom. The zero-order chi connectivity index (χ0) is 19.2. The van der Waals surface area contributed by atoms with Crippen molar-refractivity contribution in [1.29, 1.82) is 0 Å². The highest BCUT2D eigenvalue weighted by Crippen LogP contribution is 2.01. The number of carbonyl (C=O) groups excluding carboxylic acids is 3. The van der Waals surface area contributed by atoms with E-state index in [-0.39, 0.29) is 13.1 Å². The lowest BCUT2D eigenvalue weighted by atomic mass is 10.2. The fraction of sp³-hybridized carbons (Fsp3) is 0.714. The summed E-state index contributed by atoms with van der Waals surface area (Å²) in [4.78, 5) is 46.0. The third-order valence-electron chi connectivity index (χ3n) is 3.08. The molecule has 0 fully saturated rings. The van der Waals surface area contributed by atoms with E-state index in [4.69, 9.17) is 10.8 Å². The first-order valence-electron chi connectivity index (χ1n) is 7.61. The van der Waals surface area contributed by atoms with Crippen LogP contribution in [-0.2, 0) is 19.2 Å². The summed E-state index contributed by atoms with van der Waals surface area (Å²) >= 11 is 3.04. The van der Waals surface area contributed by atoms with E-state index in [1.54, 1.807) is 11.8 Å². The number of carbonyl (C=O) groups is 4. The van der Waals surface area contributed by atoms with Crippen molar-refractivity contribution in [3.05, 3.63) is 0 Å². The number of thioether (sulfide) groups is 2. The molecular weight excluding hydrogens is 368 g/mol. The van der Waals surface area contributed by atoms with Crippen LogP contribution in [0.15, 0.2) is 0 Å². The first kappa shape index (κ1) is 23.5. The molecule has 2 atom stereocenters. The molecule has 0 bridgehead atoms. The number of aliphatic carboxylic acids is 1. The highest BCUT2D eigenvalue weighted by molar-refractivity contribution is 7.98. The van der Waals surface area contributed by atoms with E-state index in [1.807, 2.05) is 12.5 Å². The van der Waals surface area contributed by atoms with Gasteiger partial charge in [-0.05, 0) is 36.9 Å². The van der Waals surface area contributed by atoms with Gasteiger partial charge in [-0.3, -0.25) is 14.4 Å². The van der Waals surface area contributed by atoms with Crippen molar-refractivity contribution >= 4 is 47.2 Å². The van der Waals surface area contributed by atoms with Gasteiger partial charge in [0.2, 0.25) is 17.7 Å². The van der Waals surface area contributed by atoms with Crippen LogP contribution in [-0.4, -0.2) is 78.0 Å². The third kappa shape index (κ3) is 11.7. The van der Waals surface area contributed by atoms with Crippen LogP contribution in [0.3, 0.4) is 0 Å². The number of carboxylic acid groups (broad SMARTS) is 1. The van der Waals surface area contributed by atoms with Crippen molar-refractivity contribution in [2.75, 3.05) is 37.1 Å². The van der Waals surface area contributed by atoms with Crippen molar-refractivity contribution < 1.29 is 24.3 Å². The Hall–Kier alpha value is -1.46. The number of nitrogens with two attached hydrogens (primary N) is 1. The van der Waals surface area contributed by atoms with Gasteiger partial charge in [0.15, 0.2) is 0 Å². The Morgan fingerprint density at radius 1 is 0.960 bits per heavy atom. The number of hydrogen-bond donors (Lipinski definition) is 5. The largest absolute Gasteiger partial charge is 0.480 e. The van der Waals surface area contributed by atoms with Crippen LogP contribution in [0.4, 0.5) is 0 Å². The SMILES string of the molecule is CSCCC(N)C(=O)NCC(=O)NCC(=O)NC(CCSC)C(=O)O. The van der Waals surface area contributed by atoms with E-state index in [2.05, 4.69) is 16.0 Å². The highest BCUT2D eigenvalue weighted by atomic mass is 32.2. The Bertz CT molecular complexity index is 465. The molecule has 0 heterocycles. The average Bonchev–Trinajstić information content (AvgIpc) is 2.58. The minimum Gasteiger partial charge on any atom is -0.480 e. The van der Waals surface area contributed by atoms with Crippen LogP contribution >= 0.6 is 23.5 Å². The maximum atomic E-state index is 11.7. The van der Waals surface area contributed by atoms with Gasteiger partial charge in [-0.2, -0.15) is 23.5 Å². The summed E-state index contributed by atoms with van der Waals surface area (Å²) in [6, 6.07) is -1.68. The summed E-state index contributed by atoms with van der Waals surface area (Å²) in [6.07, 6.45) is 4.53. The van der Waals surface area contributed by atoms with Crippen LogP contribution in [0.2, 0.25) is 0 Å². The van der Waals surface area contributed by atoms with Gasteiger partial charge in [0.25, 0.3) is 0 Å². The second-order valence-corrected chi connectivity index (χ2v) is 7.09. The van der Waals surface area contributed by atoms with Gasteiger partial charge in [-0.15, -0.1) is 0 Å². The molecule has 0 radical (unpaired) electrons. The summed E-state index contributed by atoms with van der Waals surface area (Å²) < 4.78 is 0. The quantitative estimate of drug-likeness (QED) is 0.256. The van der Waals surface area contributed by atoms with Crippen LogP contribution in [0.25, 0.3) is 0 Å². The van der Waals surface area contributed by atoms with Gasteiger partial charge in [-0.1, -0.05) is 0 Å².